The van der Waals surface area contributed by atoms with E-state index >= 15 is 0 Å². The summed E-state index contributed by atoms with van der Waals surface area (Å²) in [6.45, 7) is 1.68. The number of fused-ring (bicyclic) bond motifs is 1. The number of carbonyl (C=O) groups is 1. The first kappa shape index (κ1) is 7.76. The van der Waals surface area contributed by atoms with Crippen LogP contribution in [0.15, 0.2) is 11.3 Å². The molecule has 4 heteroatoms. The maximum Gasteiger partial charge on any atom is 0.228 e. The molecule has 3 unspecified atom stereocenters. The number of aliphatic hydroxyl groups excluding tert-OH is 1. The Kier molecular flexibility index (Phi) is 1.49. The maximum absolute atomic E-state index is 11.3. The van der Waals surface area contributed by atoms with E-state index in [1.807, 2.05) is 0 Å². The molecular weight excluding hydrogens is 160 g/mol. The van der Waals surface area contributed by atoms with Crippen LogP contribution in [0.1, 0.15) is 6.92 Å². The van der Waals surface area contributed by atoms with Crippen molar-refractivity contribution in [3.63, 3.8) is 0 Å². The lowest BCUT2D eigenvalue weighted by molar-refractivity contribution is -0.120. The normalized spacial score (nSPS) is 39.6. The molecule has 0 saturated carbocycles. The van der Waals surface area contributed by atoms with Crippen LogP contribution >= 0.6 is 0 Å². The third-order valence-electron chi connectivity index (χ3n) is 2.32. The van der Waals surface area contributed by atoms with Gasteiger partial charge in [-0.05, 0) is 6.92 Å². The molecule has 1 aliphatic heterocycles. The average molecular weight is 170 g/mol. The summed E-state index contributed by atoms with van der Waals surface area (Å²) < 4.78 is 9.86. The first-order chi connectivity index (χ1) is 5.66. The number of Topliss-reactive ketones (excluding diaryl/α,β-unsaturated/α-hetero) is 1. The minimum absolute atomic E-state index is 0.148. The van der Waals surface area contributed by atoms with Gasteiger partial charge in [0, 0.05) is 5.57 Å². The predicted molar refractivity (Wildman–Crippen MR) is 39.4 cm³/mol. The molecule has 0 amide bonds. The van der Waals surface area contributed by atoms with Gasteiger partial charge in [0.25, 0.3) is 0 Å². The summed E-state index contributed by atoms with van der Waals surface area (Å²) in [5.41, 5.74) is 0.571. The van der Waals surface area contributed by atoms with Gasteiger partial charge in [-0.1, -0.05) is 0 Å². The van der Waals surface area contributed by atoms with E-state index in [-0.39, 0.29) is 17.6 Å². The molecule has 4 nitrogen and oxygen atoms in total. The molecule has 66 valence electrons. The summed E-state index contributed by atoms with van der Waals surface area (Å²) in [6, 6.07) is 0. The quantitative estimate of drug-likeness (QED) is 0.545. The molecule has 0 aromatic carbocycles. The van der Waals surface area contributed by atoms with Crippen LogP contribution in [0.2, 0.25) is 0 Å². The summed E-state index contributed by atoms with van der Waals surface area (Å²) in [5, 5.41) is 9.49. The molecule has 0 aromatic heterocycles. The fraction of sp³-hybridized carbons (Fsp3) is 0.625. The fourth-order valence-corrected chi connectivity index (χ4v) is 1.54. The third kappa shape index (κ3) is 0.820. The molecule has 1 saturated heterocycles. The number of hydrogen-bond acceptors (Lipinski definition) is 4. The van der Waals surface area contributed by atoms with Gasteiger partial charge in [-0.15, -0.1) is 0 Å². The van der Waals surface area contributed by atoms with Crippen molar-refractivity contribution in [1.82, 2.24) is 0 Å². The molecule has 0 radical (unpaired) electrons. The van der Waals surface area contributed by atoms with Crippen molar-refractivity contribution in [3.05, 3.63) is 11.3 Å². The molecule has 2 aliphatic rings. The van der Waals surface area contributed by atoms with E-state index in [4.69, 9.17) is 9.47 Å². The zero-order valence-corrected chi connectivity index (χ0v) is 6.90. The molecule has 2 rings (SSSR count). The molecule has 0 aromatic rings. The van der Waals surface area contributed by atoms with E-state index in [1.165, 1.54) is 7.11 Å². The highest BCUT2D eigenvalue weighted by molar-refractivity contribution is 6.01. The average Bonchev–Trinajstić information content (AvgIpc) is 2.81. The second kappa shape index (κ2) is 2.31. The summed E-state index contributed by atoms with van der Waals surface area (Å²) in [5.74, 6) is 0.103. The summed E-state index contributed by atoms with van der Waals surface area (Å²) in [4.78, 5) is 11.3. The van der Waals surface area contributed by atoms with Crippen molar-refractivity contribution < 1.29 is 19.4 Å². The number of ketones is 1. The minimum Gasteiger partial charge on any atom is -0.493 e. The van der Waals surface area contributed by atoms with E-state index in [1.54, 1.807) is 6.92 Å². The molecule has 1 aliphatic carbocycles. The second-order valence-corrected chi connectivity index (χ2v) is 3.05. The zero-order valence-electron chi connectivity index (χ0n) is 6.90. The van der Waals surface area contributed by atoms with E-state index in [0.717, 1.165) is 0 Å². The molecule has 0 bridgehead atoms. The van der Waals surface area contributed by atoms with Crippen molar-refractivity contribution in [1.29, 1.82) is 0 Å². The molecule has 1 heterocycles. The van der Waals surface area contributed by atoms with Gasteiger partial charge in [-0.2, -0.15) is 0 Å². The van der Waals surface area contributed by atoms with E-state index in [0.29, 0.717) is 5.57 Å². The van der Waals surface area contributed by atoms with Gasteiger partial charge < -0.3 is 14.6 Å². The first-order valence-corrected chi connectivity index (χ1v) is 3.79. The lowest BCUT2D eigenvalue weighted by Gasteiger charge is -2.16. The monoisotopic (exact) mass is 170 g/mol. The Morgan fingerprint density at radius 3 is 2.83 bits per heavy atom. The lowest BCUT2D eigenvalue weighted by Crippen LogP contribution is -2.31. The van der Waals surface area contributed by atoms with Gasteiger partial charge in [0.2, 0.25) is 5.78 Å². The van der Waals surface area contributed by atoms with Gasteiger partial charge in [0.1, 0.15) is 12.2 Å². The van der Waals surface area contributed by atoms with Crippen LogP contribution < -0.4 is 0 Å². The topological polar surface area (TPSA) is 59.1 Å². The Bertz CT molecular complexity index is 268. The molecule has 3 atom stereocenters. The zero-order chi connectivity index (χ0) is 8.88. The summed E-state index contributed by atoms with van der Waals surface area (Å²) in [6.07, 6.45) is -1.46. The SMILES string of the molecule is COC1=C(C)C(O)C2OC2C1=O. The van der Waals surface area contributed by atoms with Gasteiger partial charge in [-0.25, -0.2) is 0 Å². The highest BCUT2D eigenvalue weighted by Gasteiger charge is 2.55. The largest absolute Gasteiger partial charge is 0.493 e. The van der Waals surface area contributed by atoms with Crippen LogP contribution in [0.25, 0.3) is 0 Å². The fourth-order valence-electron chi connectivity index (χ4n) is 1.54. The van der Waals surface area contributed by atoms with Gasteiger partial charge in [-0.3, -0.25) is 4.79 Å². The number of carbonyl (C=O) groups excluding carboxylic acids is 1. The highest BCUT2D eigenvalue weighted by Crippen LogP contribution is 2.37. The number of rotatable bonds is 1. The second-order valence-electron chi connectivity index (χ2n) is 3.05. The Labute approximate surface area is 69.8 Å². The minimum atomic E-state index is -0.678. The summed E-state index contributed by atoms with van der Waals surface area (Å²) in [7, 11) is 1.42. The molecule has 12 heavy (non-hydrogen) atoms. The summed E-state index contributed by atoms with van der Waals surface area (Å²) >= 11 is 0. The van der Waals surface area contributed by atoms with Crippen LogP contribution in [0.5, 0.6) is 0 Å². The van der Waals surface area contributed by atoms with Gasteiger partial charge in [0.15, 0.2) is 11.9 Å². The van der Waals surface area contributed by atoms with Crippen molar-refractivity contribution in [2.24, 2.45) is 0 Å². The van der Waals surface area contributed by atoms with Gasteiger partial charge >= 0.3 is 0 Å². The van der Waals surface area contributed by atoms with Crippen LogP contribution in [0.3, 0.4) is 0 Å². The number of aliphatic hydroxyl groups is 1. The van der Waals surface area contributed by atoms with E-state index in [2.05, 4.69) is 0 Å². The van der Waals surface area contributed by atoms with Crippen LogP contribution in [0.4, 0.5) is 0 Å². The number of hydrogen-bond donors (Lipinski definition) is 1. The van der Waals surface area contributed by atoms with Crippen molar-refractivity contribution >= 4 is 5.78 Å². The van der Waals surface area contributed by atoms with Crippen molar-refractivity contribution in [3.8, 4) is 0 Å². The molecule has 0 spiro atoms. The molecule has 1 N–H and O–H groups in total. The standard InChI is InChI=1S/C8H10O4/c1-3-4(9)7-8(12-7)5(10)6(3)11-2/h4,7-9H,1-2H3. The smallest absolute Gasteiger partial charge is 0.228 e. The van der Waals surface area contributed by atoms with Crippen molar-refractivity contribution in [2.45, 2.75) is 25.2 Å². The number of ether oxygens (including phenoxy) is 2. The number of epoxide rings is 1. The Morgan fingerprint density at radius 1 is 1.58 bits per heavy atom. The van der Waals surface area contributed by atoms with Crippen LogP contribution in [0, 0.1) is 0 Å². The maximum atomic E-state index is 11.3. The van der Waals surface area contributed by atoms with Gasteiger partial charge in [0.05, 0.1) is 7.11 Å². The Hall–Kier alpha value is -0.870. The lowest BCUT2D eigenvalue weighted by atomic mass is 9.95. The van der Waals surface area contributed by atoms with Crippen molar-refractivity contribution in [2.75, 3.05) is 7.11 Å². The molecular formula is C8H10O4. The third-order valence-corrected chi connectivity index (χ3v) is 2.32. The first-order valence-electron chi connectivity index (χ1n) is 3.79. The van der Waals surface area contributed by atoms with Crippen LogP contribution in [-0.4, -0.2) is 36.3 Å². The Morgan fingerprint density at radius 2 is 2.25 bits per heavy atom. The highest BCUT2D eigenvalue weighted by atomic mass is 16.6. The van der Waals surface area contributed by atoms with Crippen LogP contribution in [-0.2, 0) is 14.3 Å². The van der Waals surface area contributed by atoms with E-state index < -0.39 is 12.2 Å². The Balaban J connectivity index is 2.37. The van der Waals surface area contributed by atoms with E-state index in [9.17, 15) is 9.90 Å². The molecule has 1 fully saturated rings. The number of methoxy groups -OCH3 is 1. The predicted octanol–water partition coefficient (Wildman–Crippen LogP) is -0.382.